The van der Waals surface area contributed by atoms with E-state index in [-0.39, 0.29) is 5.69 Å². The molecule has 0 saturated heterocycles. The molecule has 5 nitrogen and oxygen atoms in total. The lowest BCUT2D eigenvalue weighted by Crippen LogP contribution is -2.10. The average molecular weight is 317 g/mol. The van der Waals surface area contributed by atoms with Crippen LogP contribution in [0, 0.1) is 0 Å². The number of hydrogen-bond donors (Lipinski definition) is 1. The maximum Gasteiger partial charge on any atom is 0.268 e. The molecular formula is C13H9BrN4O. The van der Waals surface area contributed by atoms with Gasteiger partial charge in [0.1, 0.15) is 5.69 Å². The molecule has 0 aliphatic rings. The normalized spacial score (nSPS) is 10.8. The molecule has 2 heterocycles. The topological polar surface area (TPSA) is 73.3 Å². The van der Waals surface area contributed by atoms with E-state index in [4.69, 9.17) is 5.73 Å². The molecule has 2 N–H and O–H groups in total. The Kier molecular flexibility index (Phi) is 2.79. The number of nitrogens with zero attached hydrogens (tertiary/aromatic N) is 3. The highest BCUT2D eigenvalue weighted by Gasteiger charge is 2.08. The molecule has 3 aromatic rings. The predicted molar refractivity (Wildman–Crippen MR) is 74.6 cm³/mol. The molecule has 0 fully saturated rings. The average Bonchev–Trinajstić information content (AvgIpc) is 2.81. The number of carbonyl (C=O) groups excluding carboxylic acids is 1. The summed E-state index contributed by atoms with van der Waals surface area (Å²) in [7, 11) is 0. The SMILES string of the molecule is NC(=O)c1cn2cc(-c3cccc(Br)c3)ncc2n1. The number of carbonyl (C=O) groups is 1. The molecule has 94 valence electrons. The Balaban J connectivity index is 2.13. The minimum Gasteiger partial charge on any atom is -0.364 e. The van der Waals surface area contributed by atoms with E-state index >= 15 is 0 Å². The van der Waals surface area contributed by atoms with Crippen LogP contribution in [0.15, 0.2) is 47.3 Å². The maximum atomic E-state index is 11.1. The van der Waals surface area contributed by atoms with E-state index in [0.717, 1.165) is 15.7 Å². The molecule has 0 radical (unpaired) electrons. The molecule has 3 rings (SSSR count). The number of benzene rings is 1. The summed E-state index contributed by atoms with van der Waals surface area (Å²) in [4.78, 5) is 19.5. The van der Waals surface area contributed by atoms with Crippen molar-refractivity contribution >= 4 is 27.5 Å². The number of amides is 1. The van der Waals surface area contributed by atoms with Gasteiger partial charge in [-0.3, -0.25) is 9.78 Å². The minimum atomic E-state index is -0.548. The zero-order valence-corrected chi connectivity index (χ0v) is 11.3. The van der Waals surface area contributed by atoms with Crippen molar-refractivity contribution in [3.05, 3.63) is 53.0 Å². The Morgan fingerprint density at radius 3 is 2.89 bits per heavy atom. The fourth-order valence-corrected chi connectivity index (χ4v) is 2.21. The van der Waals surface area contributed by atoms with Crippen LogP contribution >= 0.6 is 15.9 Å². The zero-order chi connectivity index (χ0) is 13.4. The summed E-state index contributed by atoms with van der Waals surface area (Å²) in [6.07, 6.45) is 5.03. The van der Waals surface area contributed by atoms with Crippen molar-refractivity contribution in [1.29, 1.82) is 0 Å². The summed E-state index contributed by atoms with van der Waals surface area (Å²) >= 11 is 3.42. The van der Waals surface area contributed by atoms with Gasteiger partial charge >= 0.3 is 0 Å². The van der Waals surface area contributed by atoms with Gasteiger partial charge in [0.25, 0.3) is 5.91 Å². The van der Waals surface area contributed by atoms with Gasteiger partial charge in [-0.1, -0.05) is 28.1 Å². The second kappa shape index (κ2) is 4.47. The van der Waals surface area contributed by atoms with Crippen LogP contribution in [0.3, 0.4) is 0 Å². The molecule has 19 heavy (non-hydrogen) atoms. The number of nitrogens with two attached hydrogens (primary N) is 1. The number of primary amides is 1. The number of rotatable bonds is 2. The number of aromatic nitrogens is 3. The highest BCUT2D eigenvalue weighted by atomic mass is 79.9. The molecule has 2 aromatic heterocycles. The van der Waals surface area contributed by atoms with Crippen LogP contribution in [-0.2, 0) is 0 Å². The van der Waals surface area contributed by atoms with Gasteiger partial charge in [-0.2, -0.15) is 0 Å². The van der Waals surface area contributed by atoms with E-state index in [1.165, 1.54) is 0 Å². The van der Waals surface area contributed by atoms with Crippen LogP contribution in [0.2, 0.25) is 0 Å². The fraction of sp³-hybridized carbons (Fsp3) is 0. The molecule has 0 atom stereocenters. The van der Waals surface area contributed by atoms with Crippen molar-refractivity contribution in [2.45, 2.75) is 0 Å². The first-order valence-electron chi connectivity index (χ1n) is 5.54. The van der Waals surface area contributed by atoms with Crippen molar-refractivity contribution < 1.29 is 4.79 Å². The molecule has 0 saturated carbocycles. The van der Waals surface area contributed by atoms with Crippen molar-refractivity contribution in [2.24, 2.45) is 5.73 Å². The lowest BCUT2D eigenvalue weighted by Gasteiger charge is -2.02. The Morgan fingerprint density at radius 2 is 2.16 bits per heavy atom. The molecule has 6 heteroatoms. The molecule has 0 spiro atoms. The first kappa shape index (κ1) is 11.9. The van der Waals surface area contributed by atoms with E-state index in [0.29, 0.717) is 5.65 Å². The van der Waals surface area contributed by atoms with Crippen LogP contribution in [0.25, 0.3) is 16.9 Å². The molecule has 1 amide bonds. The number of halogens is 1. The molecule has 0 aliphatic heterocycles. The quantitative estimate of drug-likeness (QED) is 0.788. The number of fused-ring (bicyclic) bond motifs is 1. The van der Waals surface area contributed by atoms with E-state index in [2.05, 4.69) is 25.9 Å². The predicted octanol–water partition coefficient (Wildman–Crippen LogP) is 2.26. The molecule has 0 aliphatic carbocycles. The summed E-state index contributed by atoms with van der Waals surface area (Å²) < 4.78 is 2.72. The third-order valence-electron chi connectivity index (χ3n) is 2.71. The lowest BCUT2D eigenvalue weighted by molar-refractivity contribution is 0.0996. The summed E-state index contributed by atoms with van der Waals surface area (Å²) in [5, 5.41) is 0. The highest BCUT2D eigenvalue weighted by molar-refractivity contribution is 9.10. The van der Waals surface area contributed by atoms with E-state index in [1.54, 1.807) is 16.8 Å². The summed E-state index contributed by atoms with van der Waals surface area (Å²) in [5.74, 6) is -0.548. The lowest BCUT2D eigenvalue weighted by atomic mass is 10.2. The van der Waals surface area contributed by atoms with Crippen molar-refractivity contribution in [3.63, 3.8) is 0 Å². The zero-order valence-electron chi connectivity index (χ0n) is 9.75. The minimum absolute atomic E-state index is 0.230. The van der Waals surface area contributed by atoms with Crippen LogP contribution in [0.5, 0.6) is 0 Å². The van der Waals surface area contributed by atoms with E-state index < -0.39 is 5.91 Å². The van der Waals surface area contributed by atoms with E-state index in [1.807, 2.05) is 30.5 Å². The molecule has 0 unspecified atom stereocenters. The van der Waals surface area contributed by atoms with Gasteiger partial charge in [0, 0.05) is 22.4 Å². The second-order valence-corrected chi connectivity index (χ2v) is 4.95. The molecule has 0 bridgehead atoms. The largest absolute Gasteiger partial charge is 0.364 e. The smallest absolute Gasteiger partial charge is 0.268 e. The van der Waals surface area contributed by atoms with Gasteiger partial charge in [0.2, 0.25) is 0 Å². The summed E-state index contributed by atoms with van der Waals surface area (Å²) in [6, 6.07) is 7.82. The van der Waals surface area contributed by atoms with Gasteiger partial charge in [-0.25, -0.2) is 4.98 Å². The summed E-state index contributed by atoms with van der Waals surface area (Å²) in [5.41, 5.74) is 7.80. The van der Waals surface area contributed by atoms with Crippen LogP contribution < -0.4 is 5.73 Å². The third kappa shape index (κ3) is 2.22. The van der Waals surface area contributed by atoms with Gasteiger partial charge in [-0.05, 0) is 12.1 Å². The van der Waals surface area contributed by atoms with Crippen LogP contribution in [-0.4, -0.2) is 20.3 Å². The number of hydrogen-bond acceptors (Lipinski definition) is 3. The van der Waals surface area contributed by atoms with Crippen molar-refractivity contribution in [2.75, 3.05) is 0 Å². The van der Waals surface area contributed by atoms with Crippen molar-refractivity contribution in [1.82, 2.24) is 14.4 Å². The highest BCUT2D eigenvalue weighted by Crippen LogP contribution is 2.21. The van der Waals surface area contributed by atoms with Crippen LogP contribution in [0.4, 0.5) is 0 Å². The van der Waals surface area contributed by atoms with Crippen molar-refractivity contribution in [3.8, 4) is 11.3 Å². The van der Waals surface area contributed by atoms with Crippen LogP contribution in [0.1, 0.15) is 10.5 Å². The standard InChI is InChI=1S/C13H9BrN4O/c14-9-3-1-2-8(4-9)10-6-18-7-11(13(15)19)17-12(18)5-16-10/h1-7H,(H2,15,19). The van der Waals surface area contributed by atoms with E-state index in [9.17, 15) is 4.79 Å². The maximum absolute atomic E-state index is 11.1. The second-order valence-electron chi connectivity index (χ2n) is 4.04. The Hall–Kier alpha value is -2.21. The molecule has 1 aromatic carbocycles. The Labute approximate surface area is 117 Å². The monoisotopic (exact) mass is 316 g/mol. The molecular weight excluding hydrogens is 308 g/mol. The number of imidazole rings is 1. The van der Waals surface area contributed by atoms with Gasteiger partial charge < -0.3 is 10.1 Å². The first-order chi connectivity index (χ1) is 9.13. The third-order valence-corrected chi connectivity index (χ3v) is 3.21. The Bertz CT molecular complexity index is 781. The van der Waals surface area contributed by atoms with Gasteiger partial charge in [0.05, 0.1) is 11.9 Å². The first-order valence-corrected chi connectivity index (χ1v) is 6.33. The fourth-order valence-electron chi connectivity index (χ4n) is 1.81. The van der Waals surface area contributed by atoms with Gasteiger partial charge in [-0.15, -0.1) is 0 Å². The summed E-state index contributed by atoms with van der Waals surface area (Å²) in [6.45, 7) is 0. The Morgan fingerprint density at radius 1 is 1.32 bits per heavy atom. The van der Waals surface area contributed by atoms with Gasteiger partial charge in [0.15, 0.2) is 5.65 Å².